The molecule has 0 amide bonds. The predicted molar refractivity (Wildman–Crippen MR) is 76.6 cm³/mol. The second-order valence-corrected chi connectivity index (χ2v) is 4.49. The molecule has 0 unspecified atom stereocenters. The highest BCUT2D eigenvalue weighted by Gasteiger charge is 2.09. The molecule has 3 rings (SSSR count). The topological polar surface area (TPSA) is 95.9 Å². The van der Waals surface area contributed by atoms with Gasteiger partial charge in [0.05, 0.1) is 25.5 Å². The molecule has 0 radical (unpaired) electrons. The second-order valence-electron chi connectivity index (χ2n) is 4.49. The molecule has 0 spiro atoms. The van der Waals surface area contributed by atoms with E-state index in [1.807, 2.05) is 16.7 Å². The van der Waals surface area contributed by atoms with Crippen molar-refractivity contribution in [3.63, 3.8) is 0 Å². The number of imidazole rings is 1. The summed E-state index contributed by atoms with van der Waals surface area (Å²) >= 11 is 0. The van der Waals surface area contributed by atoms with Gasteiger partial charge in [0.15, 0.2) is 11.5 Å². The average Bonchev–Trinajstić information content (AvgIpc) is 2.92. The molecule has 7 nitrogen and oxygen atoms in total. The van der Waals surface area contributed by atoms with Crippen LogP contribution in [-0.2, 0) is 11.3 Å². The summed E-state index contributed by atoms with van der Waals surface area (Å²) < 4.78 is 6.54. The third kappa shape index (κ3) is 2.40. The van der Waals surface area contributed by atoms with Gasteiger partial charge in [0.1, 0.15) is 11.8 Å². The van der Waals surface area contributed by atoms with Gasteiger partial charge in [-0.15, -0.1) is 0 Å². The van der Waals surface area contributed by atoms with E-state index in [0.717, 1.165) is 5.56 Å². The average molecular weight is 283 g/mol. The second kappa shape index (κ2) is 5.20. The molecular weight excluding hydrogens is 270 g/mol. The Hall–Kier alpha value is -2.96. The number of fused-ring (bicyclic) bond motifs is 1. The van der Waals surface area contributed by atoms with Gasteiger partial charge in [-0.1, -0.05) is 12.1 Å². The molecule has 1 aromatic carbocycles. The van der Waals surface area contributed by atoms with Crippen LogP contribution < -0.4 is 5.73 Å². The van der Waals surface area contributed by atoms with Crippen molar-refractivity contribution in [1.29, 1.82) is 0 Å². The summed E-state index contributed by atoms with van der Waals surface area (Å²) in [5, 5.41) is 0. The van der Waals surface area contributed by atoms with E-state index in [9.17, 15) is 4.79 Å². The zero-order valence-electron chi connectivity index (χ0n) is 11.4. The van der Waals surface area contributed by atoms with Gasteiger partial charge in [-0.25, -0.2) is 19.7 Å². The number of anilines is 1. The Morgan fingerprint density at radius 1 is 1.24 bits per heavy atom. The molecule has 21 heavy (non-hydrogen) atoms. The van der Waals surface area contributed by atoms with Gasteiger partial charge in [-0.3, -0.25) is 0 Å². The van der Waals surface area contributed by atoms with Gasteiger partial charge in [0.2, 0.25) is 0 Å². The van der Waals surface area contributed by atoms with Crippen LogP contribution in [0.5, 0.6) is 0 Å². The predicted octanol–water partition coefficient (Wildman–Crippen LogP) is 1.24. The first-order valence-corrected chi connectivity index (χ1v) is 6.27. The molecule has 106 valence electrons. The highest BCUT2D eigenvalue weighted by atomic mass is 16.5. The fraction of sp³-hybridized carbons (Fsp3) is 0.143. The molecule has 2 aromatic heterocycles. The number of hydrogen-bond acceptors (Lipinski definition) is 6. The van der Waals surface area contributed by atoms with E-state index < -0.39 is 0 Å². The van der Waals surface area contributed by atoms with Crippen molar-refractivity contribution in [3.8, 4) is 0 Å². The first-order chi connectivity index (χ1) is 10.2. The molecule has 0 aliphatic heterocycles. The van der Waals surface area contributed by atoms with Crippen LogP contribution in [0.1, 0.15) is 15.9 Å². The van der Waals surface area contributed by atoms with Crippen LogP contribution in [0.25, 0.3) is 11.2 Å². The van der Waals surface area contributed by atoms with Crippen molar-refractivity contribution in [2.75, 3.05) is 12.8 Å². The first-order valence-electron chi connectivity index (χ1n) is 6.27. The summed E-state index contributed by atoms with van der Waals surface area (Å²) in [7, 11) is 1.36. The molecule has 0 bridgehead atoms. The number of rotatable bonds is 3. The Balaban J connectivity index is 1.88. The Bertz CT molecular complexity index is 795. The molecule has 0 saturated carbocycles. The highest BCUT2D eigenvalue weighted by molar-refractivity contribution is 5.89. The molecule has 0 aliphatic rings. The lowest BCUT2D eigenvalue weighted by molar-refractivity contribution is 0.0600. The van der Waals surface area contributed by atoms with E-state index in [0.29, 0.717) is 29.1 Å². The van der Waals surface area contributed by atoms with Crippen LogP contribution in [0.3, 0.4) is 0 Å². The van der Waals surface area contributed by atoms with Gasteiger partial charge in [-0.2, -0.15) is 0 Å². The van der Waals surface area contributed by atoms with E-state index >= 15 is 0 Å². The van der Waals surface area contributed by atoms with Crippen LogP contribution in [0.15, 0.2) is 36.9 Å². The highest BCUT2D eigenvalue weighted by Crippen LogP contribution is 2.16. The maximum absolute atomic E-state index is 11.4. The maximum atomic E-state index is 11.4. The third-order valence-corrected chi connectivity index (χ3v) is 3.16. The van der Waals surface area contributed by atoms with Crippen LogP contribution in [0.2, 0.25) is 0 Å². The van der Waals surface area contributed by atoms with Crippen molar-refractivity contribution >= 4 is 23.0 Å². The standard InChI is InChI=1S/C14H13N5O2/c1-21-14(20)10-4-2-9(3-5-10)6-19-8-18-11-12(15)16-7-17-13(11)19/h2-5,7-8H,6H2,1H3,(H2,15,16,17). The molecular formula is C14H13N5O2. The summed E-state index contributed by atoms with van der Waals surface area (Å²) in [6, 6.07) is 7.18. The number of nitrogens with zero attached hydrogens (tertiary/aromatic N) is 4. The van der Waals surface area contributed by atoms with Crippen LogP contribution in [-0.4, -0.2) is 32.6 Å². The Morgan fingerprint density at radius 3 is 2.71 bits per heavy atom. The number of carbonyl (C=O) groups excluding carboxylic acids is 1. The summed E-state index contributed by atoms with van der Waals surface area (Å²) in [6.45, 7) is 0.578. The normalized spacial score (nSPS) is 10.7. The molecule has 0 fully saturated rings. The van der Waals surface area contributed by atoms with Crippen LogP contribution >= 0.6 is 0 Å². The molecule has 2 N–H and O–H groups in total. The van der Waals surface area contributed by atoms with Gasteiger partial charge in [0.25, 0.3) is 0 Å². The van der Waals surface area contributed by atoms with E-state index in [4.69, 9.17) is 5.73 Å². The van der Waals surface area contributed by atoms with Crippen molar-refractivity contribution in [3.05, 3.63) is 48.0 Å². The van der Waals surface area contributed by atoms with Gasteiger partial charge in [-0.05, 0) is 17.7 Å². The quantitative estimate of drug-likeness (QED) is 0.726. The lowest BCUT2D eigenvalue weighted by atomic mass is 10.1. The van der Waals surface area contributed by atoms with E-state index in [2.05, 4.69) is 19.7 Å². The van der Waals surface area contributed by atoms with Gasteiger partial charge >= 0.3 is 5.97 Å². The van der Waals surface area contributed by atoms with Crippen LogP contribution in [0.4, 0.5) is 5.82 Å². The monoisotopic (exact) mass is 283 g/mol. The van der Waals surface area contributed by atoms with E-state index in [1.165, 1.54) is 13.4 Å². The van der Waals surface area contributed by atoms with Crippen LogP contribution in [0, 0.1) is 0 Å². The fourth-order valence-electron chi connectivity index (χ4n) is 2.08. The number of ether oxygens (including phenoxy) is 1. The van der Waals surface area contributed by atoms with Crippen molar-refractivity contribution in [2.45, 2.75) is 6.54 Å². The number of hydrogen-bond donors (Lipinski definition) is 1. The Kier molecular flexibility index (Phi) is 3.23. The zero-order chi connectivity index (χ0) is 14.8. The first kappa shape index (κ1) is 13.0. The van der Waals surface area contributed by atoms with Crippen molar-refractivity contribution in [2.24, 2.45) is 0 Å². The van der Waals surface area contributed by atoms with Crippen molar-refractivity contribution < 1.29 is 9.53 Å². The maximum Gasteiger partial charge on any atom is 0.337 e. The number of esters is 1. The number of nitrogen functional groups attached to an aromatic ring is 1. The lowest BCUT2D eigenvalue weighted by Crippen LogP contribution is -2.03. The SMILES string of the molecule is COC(=O)c1ccc(Cn2cnc3c(N)ncnc32)cc1. The molecule has 3 aromatic rings. The minimum absolute atomic E-state index is 0.352. The number of methoxy groups -OCH3 is 1. The summed E-state index contributed by atoms with van der Waals surface area (Å²) in [4.78, 5) is 23.7. The molecule has 7 heteroatoms. The third-order valence-electron chi connectivity index (χ3n) is 3.16. The summed E-state index contributed by atoms with van der Waals surface area (Å²) in [6.07, 6.45) is 3.08. The van der Waals surface area contributed by atoms with Crippen molar-refractivity contribution in [1.82, 2.24) is 19.5 Å². The lowest BCUT2D eigenvalue weighted by Gasteiger charge is -2.05. The van der Waals surface area contributed by atoms with E-state index in [-0.39, 0.29) is 5.97 Å². The number of nitrogens with two attached hydrogens (primary N) is 1. The Labute approximate surface area is 120 Å². The van der Waals surface area contributed by atoms with Gasteiger partial charge in [0, 0.05) is 0 Å². The molecule has 0 atom stereocenters. The largest absolute Gasteiger partial charge is 0.465 e. The van der Waals surface area contributed by atoms with Gasteiger partial charge < -0.3 is 15.0 Å². The Morgan fingerprint density at radius 2 is 2.00 bits per heavy atom. The molecule has 0 aliphatic carbocycles. The summed E-state index contributed by atoms with van der Waals surface area (Å²) in [5.41, 5.74) is 8.55. The summed E-state index contributed by atoms with van der Waals surface area (Å²) in [5.74, 6) is 0.00920. The van der Waals surface area contributed by atoms with E-state index in [1.54, 1.807) is 18.5 Å². The minimum Gasteiger partial charge on any atom is -0.465 e. The number of benzene rings is 1. The number of aromatic nitrogens is 4. The smallest absolute Gasteiger partial charge is 0.337 e. The zero-order valence-corrected chi connectivity index (χ0v) is 11.4. The number of carbonyl (C=O) groups is 1. The molecule has 0 saturated heterocycles. The minimum atomic E-state index is -0.352. The molecule has 2 heterocycles. The fourth-order valence-corrected chi connectivity index (χ4v) is 2.08.